The number of benzene rings is 3. The van der Waals surface area contributed by atoms with Crippen LogP contribution in [0.4, 0.5) is 5.69 Å². The Labute approximate surface area is 185 Å². The highest BCUT2D eigenvalue weighted by Crippen LogP contribution is 2.30. The molecule has 0 aliphatic rings. The third-order valence-corrected chi connectivity index (χ3v) is 4.88. The molecule has 0 unspecified atom stereocenters. The Hall–Kier alpha value is -4.00. The van der Waals surface area contributed by atoms with E-state index < -0.39 is 0 Å². The molecule has 1 heterocycles. The number of para-hydroxylation sites is 1. The molecule has 3 aromatic carbocycles. The number of anilines is 1. The monoisotopic (exact) mass is 432 g/mol. The van der Waals surface area contributed by atoms with Crippen LogP contribution in [0.5, 0.6) is 11.5 Å². The van der Waals surface area contributed by atoms with E-state index in [-0.39, 0.29) is 18.4 Å². The highest BCUT2D eigenvalue weighted by molar-refractivity contribution is 6.06. The molecule has 0 saturated carbocycles. The molecule has 0 aliphatic carbocycles. The van der Waals surface area contributed by atoms with E-state index >= 15 is 0 Å². The van der Waals surface area contributed by atoms with Gasteiger partial charge in [0.15, 0.2) is 11.5 Å². The molecule has 1 aromatic heterocycles. The fourth-order valence-electron chi connectivity index (χ4n) is 3.46. The number of rotatable bonds is 8. The summed E-state index contributed by atoms with van der Waals surface area (Å²) in [7, 11) is 0. The lowest BCUT2D eigenvalue weighted by Crippen LogP contribution is -2.32. The molecule has 0 aliphatic heterocycles. The number of amides is 2. The fourth-order valence-corrected chi connectivity index (χ4v) is 3.46. The third kappa shape index (κ3) is 4.51. The second kappa shape index (κ2) is 9.43. The smallest absolute Gasteiger partial charge is 0.251 e. The highest BCUT2D eigenvalue weighted by Gasteiger charge is 2.13. The van der Waals surface area contributed by atoms with Crippen LogP contribution < -0.4 is 20.1 Å². The first-order valence-corrected chi connectivity index (χ1v) is 10.5. The summed E-state index contributed by atoms with van der Waals surface area (Å²) in [6.07, 6.45) is 0. The van der Waals surface area contributed by atoms with Crippen LogP contribution in [0.2, 0.25) is 0 Å². The van der Waals surface area contributed by atoms with Gasteiger partial charge in [0.1, 0.15) is 11.2 Å². The van der Waals surface area contributed by atoms with Crippen LogP contribution in [0.1, 0.15) is 24.2 Å². The molecule has 7 heteroatoms. The SMILES string of the molecule is CCOc1ccc(C(=O)NCC(=O)Nc2ccc3c(c2)oc2ccccc23)cc1OCC. The van der Waals surface area contributed by atoms with Gasteiger partial charge in [-0.25, -0.2) is 0 Å². The van der Waals surface area contributed by atoms with E-state index in [2.05, 4.69) is 10.6 Å². The second-order valence-corrected chi connectivity index (χ2v) is 7.07. The molecule has 0 fully saturated rings. The predicted octanol–water partition coefficient (Wildman–Crippen LogP) is 4.75. The van der Waals surface area contributed by atoms with E-state index in [1.807, 2.05) is 50.2 Å². The Morgan fingerprint density at radius 2 is 1.59 bits per heavy atom. The molecule has 2 N–H and O–H groups in total. The number of carbonyl (C=O) groups is 2. The minimum absolute atomic E-state index is 0.172. The molecular weight excluding hydrogens is 408 g/mol. The summed E-state index contributed by atoms with van der Waals surface area (Å²) in [6, 6.07) is 18.2. The molecule has 7 nitrogen and oxygen atoms in total. The van der Waals surface area contributed by atoms with Gasteiger partial charge in [-0.05, 0) is 50.2 Å². The topological polar surface area (TPSA) is 89.8 Å². The van der Waals surface area contributed by atoms with Gasteiger partial charge in [-0.2, -0.15) is 0 Å². The number of fused-ring (bicyclic) bond motifs is 3. The first kappa shape index (κ1) is 21.2. The molecule has 0 atom stereocenters. The summed E-state index contributed by atoms with van der Waals surface area (Å²) < 4.78 is 16.9. The average Bonchev–Trinajstić information content (AvgIpc) is 3.16. The number of nitrogens with one attached hydrogen (secondary N) is 2. The van der Waals surface area contributed by atoms with E-state index in [9.17, 15) is 9.59 Å². The Balaban J connectivity index is 1.39. The van der Waals surface area contributed by atoms with Crippen molar-refractivity contribution >= 4 is 39.4 Å². The first-order valence-electron chi connectivity index (χ1n) is 10.5. The maximum absolute atomic E-state index is 12.5. The van der Waals surface area contributed by atoms with Crippen LogP contribution in [0.15, 0.2) is 65.1 Å². The van der Waals surface area contributed by atoms with Gasteiger partial charge < -0.3 is 24.5 Å². The Kier molecular flexibility index (Phi) is 6.26. The summed E-state index contributed by atoms with van der Waals surface area (Å²) in [5.74, 6) is 0.344. The summed E-state index contributed by atoms with van der Waals surface area (Å²) in [6.45, 7) is 4.50. The maximum atomic E-state index is 12.5. The predicted molar refractivity (Wildman–Crippen MR) is 123 cm³/mol. The lowest BCUT2D eigenvalue weighted by atomic mass is 10.1. The zero-order valence-electron chi connectivity index (χ0n) is 17.9. The number of hydrogen-bond acceptors (Lipinski definition) is 5. The van der Waals surface area contributed by atoms with Crippen LogP contribution in [0, 0.1) is 0 Å². The Morgan fingerprint density at radius 3 is 2.41 bits per heavy atom. The molecule has 0 spiro atoms. The van der Waals surface area contributed by atoms with Gasteiger partial charge in [0, 0.05) is 28.1 Å². The number of hydrogen-bond donors (Lipinski definition) is 2. The number of furan rings is 1. The van der Waals surface area contributed by atoms with Crippen LogP contribution in [-0.4, -0.2) is 31.6 Å². The number of ether oxygens (including phenoxy) is 2. The minimum Gasteiger partial charge on any atom is -0.490 e. The summed E-state index contributed by atoms with van der Waals surface area (Å²) in [5, 5.41) is 7.41. The lowest BCUT2D eigenvalue weighted by molar-refractivity contribution is -0.115. The number of carbonyl (C=O) groups excluding carboxylic acids is 2. The Morgan fingerprint density at radius 1 is 0.844 bits per heavy atom. The molecule has 2 amide bonds. The zero-order valence-corrected chi connectivity index (χ0v) is 17.9. The van der Waals surface area contributed by atoms with Crippen molar-refractivity contribution in [1.29, 1.82) is 0 Å². The van der Waals surface area contributed by atoms with Gasteiger partial charge >= 0.3 is 0 Å². The van der Waals surface area contributed by atoms with E-state index in [1.165, 1.54) is 0 Å². The van der Waals surface area contributed by atoms with Crippen molar-refractivity contribution in [3.05, 3.63) is 66.2 Å². The lowest BCUT2D eigenvalue weighted by Gasteiger charge is -2.12. The molecular formula is C25H24N2O5. The minimum atomic E-state index is -0.378. The molecule has 0 saturated heterocycles. The van der Waals surface area contributed by atoms with Crippen LogP contribution in [0.3, 0.4) is 0 Å². The van der Waals surface area contributed by atoms with Crippen molar-refractivity contribution in [2.45, 2.75) is 13.8 Å². The normalized spacial score (nSPS) is 10.8. The average molecular weight is 432 g/mol. The summed E-state index contributed by atoms with van der Waals surface area (Å²) >= 11 is 0. The molecule has 0 radical (unpaired) electrons. The van der Waals surface area contributed by atoms with E-state index in [4.69, 9.17) is 13.9 Å². The fraction of sp³-hybridized carbons (Fsp3) is 0.200. The quantitative estimate of drug-likeness (QED) is 0.419. The third-order valence-electron chi connectivity index (χ3n) is 4.88. The first-order chi connectivity index (χ1) is 15.6. The standard InChI is InChI=1S/C25H24N2O5/c1-3-30-21-12-9-16(13-23(21)31-4-2)25(29)26-15-24(28)27-17-10-11-19-18-7-5-6-8-20(18)32-22(19)14-17/h5-14H,3-4,15H2,1-2H3,(H,26,29)(H,27,28). The van der Waals surface area contributed by atoms with Crippen molar-refractivity contribution in [3.8, 4) is 11.5 Å². The largest absolute Gasteiger partial charge is 0.490 e. The molecule has 4 aromatic rings. The highest BCUT2D eigenvalue weighted by atomic mass is 16.5. The van der Waals surface area contributed by atoms with Crippen molar-refractivity contribution in [1.82, 2.24) is 5.32 Å². The van der Waals surface area contributed by atoms with Crippen LogP contribution >= 0.6 is 0 Å². The van der Waals surface area contributed by atoms with Gasteiger partial charge in [-0.3, -0.25) is 9.59 Å². The van der Waals surface area contributed by atoms with Crippen LogP contribution in [-0.2, 0) is 4.79 Å². The molecule has 32 heavy (non-hydrogen) atoms. The van der Waals surface area contributed by atoms with E-state index in [0.717, 1.165) is 16.4 Å². The summed E-state index contributed by atoms with van der Waals surface area (Å²) in [5.41, 5.74) is 2.45. The Bertz CT molecular complexity index is 1280. The molecule has 4 rings (SSSR count). The summed E-state index contributed by atoms with van der Waals surface area (Å²) in [4.78, 5) is 24.9. The van der Waals surface area contributed by atoms with E-state index in [1.54, 1.807) is 24.3 Å². The van der Waals surface area contributed by atoms with Crippen molar-refractivity contribution in [2.24, 2.45) is 0 Å². The van der Waals surface area contributed by atoms with Gasteiger partial charge in [0.2, 0.25) is 5.91 Å². The van der Waals surface area contributed by atoms with E-state index in [0.29, 0.717) is 41.5 Å². The molecule has 164 valence electrons. The van der Waals surface area contributed by atoms with Gasteiger partial charge in [-0.1, -0.05) is 18.2 Å². The van der Waals surface area contributed by atoms with Gasteiger partial charge in [0.25, 0.3) is 5.91 Å². The van der Waals surface area contributed by atoms with Gasteiger partial charge in [-0.15, -0.1) is 0 Å². The van der Waals surface area contributed by atoms with Crippen molar-refractivity contribution in [3.63, 3.8) is 0 Å². The zero-order chi connectivity index (χ0) is 22.5. The van der Waals surface area contributed by atoms with Crippen LogP contribution in [0.25, 0.3) is 21.9 Å². The molecule has 0 bridgehead atoms. The van der Waals surface area contributed by atoms with Gasteiger partial charge in [0.05, 0.1) is 19.8 Å². The van der Waals surface area contributed by atoms with Crippen molar-refractivity contribution < 1.29 is 23.5 Å². The second-order valence-electron chi connectivity index (χ2n) is 7.07. The van der Waals surface area contributed by atoms with Crippen molar-refractivity contribution in [2.75, 3.05) is 25.1 Å². The maximum Gasteiger partial charge on any atom is 0.251 e.